The fourth-order valence-electron chi connectivity index (χ4n) is 3.61. The van der Waals surface area contributed by atoms with E-state index in [9.17, 15) is 14.4 Å². The van der Waals surface area contributed by atoms with Gasteiger partial charge >= 0.3 is 5.97 Å². The molecule has 4 aromatic rings. The molecule has 1 aliphatic heterocycles. The maximum Gasteiger partial charge on any atom is 0.335 e. The van der Waals surface area contributed by atoms with E-state index in [1.54, 1.807) is 36.4 Å². The first-order valence-electron chi connectivity index (χ1n) is 10.4. The Hall–Kier alpha value is -4.91. The monoisotopic (exact) mass is 451 g/mol. The van der Waals surface area contributed by atoms with Gasteiger partial charge in [0.2, 0.25) is 0 Å². The highest BCUT2D eigenvalue weighted by atomic mass is 16.5. The molecule has 7 nitrogen and oxygen atoms in total. The zero-order chi connectivity index (χ0) is 23.7. The van der Waals surface area contributed by atoms with Crippen LogP contribution in [0, 0.1) is 0 Å². The highest BCUT2D eigenvalue weighted by Crippen LogP contribution is 2.33. The number of amides is 2. The number of carboxylic acids is 1. The zero-order valence-corrected chi connectivity index (χ0v) is 17.7. The van der Waals surface area contributed by atoms with E-state index >= 15 is 0 Å². The number of anilines is 1. The van der Waals surface area contributed by atoms with Crippen LogP contribution in [0.2, 0.25) is 0 Å². The van der Waals surface area contributed by atoms with Crippen molar-refractivity contribution in [1.82, 2.24) is 0 Å². The molecule has 0 saturated carbocycles. The number of nitrogens with zero attached hydrogens (tertiary/aromatic N) is 1. The summed E-state index contributed by atoms with van der Waals surface area (Å²) in [6.07, 6.45) is 0. The number of ether oxygens (including phenoxy) is 2. The molecule has 7 heteroatoms. The van der Waals surface area contributed by atoms with Crippen molar-refractivity contribution in [3.8, 4) is 23.0 Å². The standard InChI is InChI=1S/C27H17NO6/c29-25-23-15-14-22(34-20-10-6-17(7-11-20)27(31)32)16-24(23)26(30)28(25)18-8-12-21(13-9-18)33-19-4-2-1-3-5-19/h1-16H,(H,31,32). The molecule has 2 amide bonds. The summed E-state index contributed by atoms with van der Waals surface area (Å²) in [7, 11) is 0. The molecule has 1 N–H and O–H groups in total. The maximum absolute atomic E-state index is 13.1. The normalized spacial score (nSPS) is 12.4. The van der Waals surface area contributed by atoms with Crippen molar-refractivity contribution in [2.24, 2.45) is 0 Å². The highest BCUT2D eigenvalue weighted by molar-refractivity contribution is 6.34. The molecule has 0 aromatic heterocycles. The van der Waals surface area contributed by atoms with Crippen molar-refractivity contribution in [1.29, 1.82) is 0 Å². The Morgan fingerprint density at radius 1 is 0.618 bits per heavy atom. The fraction of sp³-hybridized carbons (Fsp3) is 0. The summed E-state index contributed by atoms with van der Waals surface area (Å²) in [6.45, 7) is 0. The number of hydrogen-bond acceptors (Lipinski definition) is 5. The molecule has 4 aromatic carbocycles. The second kappa shape index (κ2) is 8.55. The number of carboxylic acid groups (broad SMARTS) is 1. The van der Waals surface area contributed by atoms with E-state index < -0.39 is 17.8 Å². The fourth-order valence-corrected chi connectivity index (χ4v) is 3.61. The van der Waals surface area contributed by atoms with Crippen LogP contribution in [0.25, 0.3) is 0 Å². The van der Waals surface area contributed by atoms with Crippen molar-refractivity contribution < 1.29 is 29.0 Å². The van der Waals surface area contributed by atoms with Gasteiger partial charge in [-0.05, 0) is 78.9 Å². The van der Waals surface area contributed by atoms with E-state index in [-0.39, 0.29) is 16.7 Å². The van der Waals surface area contributed by atoms with E-state index in [4.69, 9.17) is 14.6 Å². The minimum Gasteiger partial charge on any atom is -0.478 e. The molecule has 1 heterocycles. The molecule has 34 heavy (non-hydrogen) atoms. The third kappa shape index (κ3) is 3.98. The predicted octanol–water partition coefficient (Wildman–Crippen LogP) is 5.77. The molecule has 0 aliphatic carbocycles. The second-order valence-electron chi connectivity index (χ2n) is 7.49. The van der Waals surface area contributed by atoms with E-state index in [0.717, 1.165) is 4.90 Å². The summed E-state index contributed by atoms with van der Waals surface area (Å²) < 4.78 is 11.5. The van der Waals surface area contributed by atoms with Gasteiger partial charge in [0.1, 0.15) is 23.0 Å². The summed E-state index contributed by atoms with van der Waals surface area (Å²) in [5.74, 6) is 0.117. The lowest BCUT2D eigenvalue weighted by Gasteiger charge is -2.14. The molecule has 0 saturated heterocycles. The van der Waals surface area contributed by atoms with Crippen LogP contribution >= 0.6 is 0 Å². The molecule has 0 bridgehead atoms. The number of fused-ring (bicyclic) bond motifs is 1. The lowest BCUT2D eigenvalue weighted by Crippen LogP contribution is -2.29. The molecule has 1 aliphatic rings. The number of imide groups is 1. The van der Waals surface area contributed by atoms with Gasteiger partial charge < -0.3 is 14.6 Å². The Balaban J connectivity index is 1.34. The van der Waals surface area contributed by atoms with E-state index in [0.29, 0.717) is 28.7 Å². The minimum atomic E-state index is -1.03. The van der Waals surface area contributed by atoms with Gasteiger partial charge in [-0.3, -0.25) is 9.59 Å². The number of rotatable bonds is 6. The highest BCUT2D eigenvalue weighted by Gasteiger charge is 2.37. The van der Waals surface area contributed by atoms with Crippen LogP contribution < -0.4 is 14.4 Å². The van der Waals surface area contributed by atoms with Crippen LogP contribution in [0.5, 0.6) is 23.0 Å². The lowest BCUT2D eigenvalue weighted by molar-refractivity contribution is 0.0696. The number of carbonyl (C=O) groups is 3. The third-order valence-corrected chi connectivity index (χ3v) is 5.27. The number of hydrogen-bond donors (Lipinski definition) is 1. The molecule has 5 rings (SSSR count). The van der Waals surface area contributed by atoms with Gasteiger partial charge in [0.25, 0.3) is 11.8 Å². The number of para-hydroxylation sites is 1. The third-order valence-electron chi connectivity index (χ3n) is 5.27. The Bertz CT molecular complexity index is 1400. The minimum absolute atomic E-state index is 0.137. The van der Waals surface area contributed by atoms with Gasteiger partial charge in [-0.1, -0.05) is 18.2 Å². The van der Waals surface area contributed by atoms with Crippen LogP contribution in [-0.2, 0) is 0 Å². The molecule has 0 atom stereocenters. The number of aromatic carboxylic acids is 1. The van der Waals surface area contributed by atoms with Gasteiger partial charge in [0, 0.05) is 0 Å². The van der Waals surface area contributed by atoms with Gasteiger partial charge in [-0.25, -0.2) is 9.69 Å². The Morgan fingerprint density at radius 2 is 1.15 bits per heavy atom. The molecule has 0 spiro atoms. The van der Waals surface area contributed by atoms with E-state index in [2.05, 4.69) is 0 Å². The molecule has 0 fully saturated rings. The van der Waals surface area contributed by atoms with Crippen LogP contribution in [-0.4, -0.2) is 22.9 Å². The Kier molecular flexibility index (Phi) is 5.27. The van der Waals surface area contributed by atoms with Gasteiger partial charge in [-0.15, -0.1) is 0 Å². The Morgan fingerprint density at radius 3 is 1.79 bits per heavy atom. The lowest BCUT2D eigenvalue weighted by atomic mass is 10.1. The molecule has 166 valence electrons. The van der Waals surface area contributed by atoms with E-state index in [1.165, 1.54) is 30.3 Å². The Labute approximate surface area is 194 Å². The summed E-state index contributed by atoms with van der Waals surface area (Å²) in [6, 6.07) is 26.5. The first kappa shape index (κ1) is 21.0. The smallest absolute Gasteiger partial charge is 0.335 e. The molecular formula is C27H17NO6. The number of carbonyl (C=O) groups excluding carboxylic acids is 2. The number of benzene rings is 4. The summed E-state index contributed by atoms with van der Waals surface area (Å²) in [4.78, 5) is 38.1. The van der Waals surface area contributed by atoms with Crippen LogP contribution in [0.1, 0.15) is 31.1 Å². The average molecular weight is 451 g/mol. The topological polar surface area (TPSA) is 93.1 Å². The van der Waals surface area contributed by atoms with Crippen molar-refractivity contribution in [2.75, 3.05) is 4.90 Å². The summed E-state index contributed by atoms with van der Waals surface area (Å²) in [5.41, 5.74) is 1.08. The largest absolute Gasteiger partial charge is 0.478 e. The van der Waals surface area contributed by atoms with Crippen molar-refractivity contribution in [2.45, 2.75) is 0 Å². The van der Waals surface area contributed by atoms with Crippen LogP contribution in [0.15, 0.2) is 97.1 Å². The predicted molar refractivity (Wildman–Crippen MR) is 124 cm³/mol. The van der Waals surface area contributed by atoms with Gasteiger partial charge in [0.15, 0.2) is 0 Å². The molecular weight excluding hydrogens is 434 g/mol. The van der Waals surface area contributed by atoms with Crippen molar-refractivity contribution in [3.05, 3.63) is 114 Å². The van der Waals surface area contributed by atoms with Gasteiger partial charge in [-0.2, -0.15) is 0 Å². The molecule has 0 radical (unpaired) electrons. The SMILES string of the molecule is O=C(O)c1ccc(Oc2ccc3c(c2)C(=O)N(c2ccc(Oc4ccccc4)cc2)C3=O)cc1. The van der Waals surface area contributed by atoms with Crippen LogP contribution in [0.4, 0.5) is 5.69 Å². The van der Waals surface area contributed by atoms with Gasteiger partial charge in [0.05, 0.1) is 22.4 Å². The van der Waals surface area contributed by atoms with Crippen molar-refractivity contribution in [3.63, 3.8) is 0 Å². The zero-order valence-electron chi connectivity index (χ0n) is 17.7. The van der Waals surface area contributed by atoms with Crippen LogP contribution in [0.3, 0.4) is 0 Å². The maximum atomic E-state index is 13.1. The summed E-state index contributed by atoms with van der Waals surface area (Å²) >= 11 is 0. The van der Waals surface area contributed by atoms with E-state index in [1.807, 2.05) is 30.3 Å². The first-order chi connectivity index (χ1) is 16.5. The first-order valence-corrected chi connectivity index (χ1v) is 10.4. The second-order valence-corrected chi connectivity index (χ2v) is 7.49. The quantitative estimate of drug-likeness (QED) is 0.374. The summed E-state index contributed by atoms with van der Waals surface area (Å²) in [5, 5.41) is 9.00. The molecule has 0 unspecified atom stereocenters. The average Bonchev–Trinajstić information content (AvgIpc) is 3.10. The van der Waals surface area contributed by atoms with Crippen molar-refractivity contribution >= 4 is 23.5 Å².